The van der Waals surface area contributed by atoms with Crippen molar-refractivity contribution in [2.45, 2.75) is 52.1 Å². The van der Waals surface area contributed by atoms with Crippen molar-refractivity contribution in [3.8, 4) is 34.6 Å². The first-order chi connectivity index (χ1) is 20.0. The van der Waals surface area contributed by atoms with Crippen LogP contribution >= 0.6 is 0 Å². The molecule has 0 aliphatic carbocycles. The number of benzene rings is 1. The minimum absolute atomic E-state index is 0.122. The molecule has 0 radical (unpaired) electrons. The van der Waals surface area contributed by atoms with Crippen molar-refractivity contribution in [3.05, 3.63) is 48.2 Å². The molecule has 0 aliphatic heterocycles. The van der Waals surface area contributed by atoms with E-state index in [9.17, 15) is 8.42 Å². The monoisotopic (exact) mass is 599 g/mol. The average molecular weight is 600 g/mol. The van der Waals surface area contributed by atoms with Gasteiger partial charge in [0.15, 0.2) is 11.7 Å². The average Bonchev–Trinajstić information content (AvgIpc) is 3.37. The van der Waals surface area contributed by atoms with Crippen molar-refractivity contribution in [1.82, 2.24) is 19.7 Å². The number of amidine groups is 1. The fourth-order valence-corrected chi connectivity index (χ4v) is 4.97. The molecule has 0 fully saturated rings. The molecule has 226 valence electrons. The lowest BCUT2D eigenvalue weighted by atomic mass is 10.2. The number of rotatable bonds is 13. The van der Waals surface area contributed by atoms with E-state index in [0.29, 0.717) is 28.8 Å². The number of ether oxygens (including phenoxy) is 4. The van der Waals surface area contributed by atoms with E-state index in [0.717, 1.165) is 5.57 Å². The quantitative estimate of drug-likeness (QED) is 0.224. The number of hydrogen-bond donors (Lipinski definition) is 1. The highest BCUT2D eigenvalue weighted by molar-refractivity contribution is 7.93. The van der Waals surface area contributed by atoms with Crippen molar-refractivity contribution in [3.63, 3.8) is 0 Å². The smallest absolute Gasteiger partial charge is 0.243 e. The van der Waals surface area contributed by atoms with E-state index in [2.05, 4.69) is 36.6 Å². The van der Waals surface area contributed by atoms with Gasteiger partial charge in [0.25, 0.3) is 0 Å². The third-order valence-corrected chi connectivity index (χ3v) is 7.58. The molecule has 0 aliphatic rings. The van der Waals surface area contributed by atoms with E-state index >= 15 is 0 Å². The molecule has 1 aromatic carbocycles. The normalized spacial score (nSPS) is 13.3. The Balaban J connectivity index is 2.22. The first-order valence-electron chi connectivity index (χ1n) is 13.0. The topological polar surface area (TPSA) is 151 Å². The van der Waals surface area contributed by atoms with Gasteiger partial charge in [-0.2, -0.15) is 0 Å². The number of anilines is 1. The maximum absolute atomic E-state index is 13.9. The highest BCUT2D eigenvalue weighted by Crippen LogP contribution is 2.37. The fraction of sp³-hybridized carbons (Fsp3) is 0.393. The molecule has 1 N–H and O–H groups in total. The number of para-hydroxylation sites is 1. The van der Waals surface area contributed by atoms with Gasteiger partial charge in [0, 0.05) is 12.3 Å². The van der Waals surface area contributed by atoms with Crippen molar-refractivity contribution >= 4 is 28.5 Å². The van der Waals surface area contributed by atoms with Gasteiger partial charge in [0.05, 0.1) is 27.4 Å². The summed E-state index contributed by atoms with van der Waals surface area (Å²) < 4.78 is 54.4. The predicted octanol–water partition coefficient (Wildman–Crippen LogP) is 4.30. The van der Waals surface area contributed by atoms with E-state index in [-0.39, 0.29) is 23.7 Å². The van der Waals surface area contributed by atoms with Crippen LogP contribution in [0.3, 0.4) is 0 Å². The zero-order chi connectivity index (χ0) is 31.0. The van der Waals surface area contributed by atoms with Crippen molar-refractivity contribution in [1.29, 1.82) is 0 Å². The Bertz CT molecular complexity index is 1540. The lowest BCUT2D eigenvalue weighted by Crippen LogP contribution is -2.43. The van der Waals surface area contributed by atoms with Crippen LogP contribution in [0, 0.1) is 0 Å². The van der Waals surface area contributed by atoms with Crippen LogP contribution in [0.2, 0.25) is 0 Å². The summed E-state index contributed by atoms with van der Waals surface area (Å²) in [6.07, 6.45) is 0.191. The minimum Gasteiger partial charge on any atom is -0.494 e. The second-order valence-corrected chi connectivity index (χ2v) is 11.6. The maximum atomic E-state index is 13.9. The number of hydrogen-bond acceptors (Lipinski definition) is 10. The summed E-state index contributed by atoms with van der Waals surface area (Å²) >= 11 is 0. The Kier molecular flexibility index (Phi) is 10.8. The number of aromatic nitrogens is 4. The van der Waals surface area contributed by atoms with Gasteiger partial charge in [-0.05, 0) is 59.5 Å². The Morgan fingerprint density at radius 3 is 2.19 bits per heavy atom. The molecule has 0 amide bonds. The van der Waals surface area contributed by atoms with Crippen LogP contribution in [0.5, 0.6) is 17.4 Å². The van der Waals surface area contributed by atoms with Crippen LogP contribution in [0.4, 0.5) is 5.95 Å². The van der Waals surface area contributed by atoms with Crippen LogP contribution in [0.1, 0.15) is 34.6 Å². The van der Waals surface area contributed by atoms with Crippen molar-refractivity contribution in [2.24, 2.45) is 9.98 Å². The standard InChI is InChI=1S/C28H37N7O6S/c1-17(2)16-30-26(29-6)25(41-18(3)4)19(5)42(36,37)34-28-33-32-27(20-12-10-15-23(31-20)40-9)35(28)24-21(38-7)13-11-14-22(24)39-8/h10-16,18-19,25H,6H2,1-5,7-9H3,(H,33,34)/b30-26-/t19-,25+/m1/s1. The van der Waals surface area contributed by atoms with Gasteiger partial charge in [-0.1, -0.05) is 17.7 Å². The zero-order valence-corrected chi connectivity index (χ0v) is 25.8. The highest BCUT2D eigenvalue weighted by atomic mass is 32.2. The molecule has 2 heterocycles. The second kappa shape index (κ2) is 14.0. The number of nitrogens with zero attached hydrogens (tertiary/aromatic N) is 6. The number of sulfonamides is 1. The summed E-state index contributed by atoms with van der Waals surface area (Å²) in [4.78, 5) is 12.8. The molecular formula is C28H37N7O6S. The summed E-state index contributed by atoms with van der Waals surface area (Å²) in [5.74, 6) is 1.27. The Hall–Kier alpha value is -4.30. The van der Waals surface area contributed by atoms with Crippen LogP contribution < -0.4 is 18.9 Å². The third kappa shape index (κ3) is 7.31. The number of methoxy groups -OCH3 is 3. The molecule has 3 rings (SSSR count). The second-order valence-electron chi connectivity index (χ2n) is 9.57. The number of allylic oxidation sites excluding steroid dienone is 1. The van der Waals surface area contributed by atoms with Crippen molar-refractivity contribution < 1.29 is 27.4 Å². The summed E-state index contributed by atoms with van der Waals surface area (Å²) in [7, 11) is 0.248. The Morgan fingerprint density at radius 2 is 1.64 bits per heavy atom. The molecule has 0 bridgehead atoms. The fourth-order valence-electron chi connectivity index (χ4n) is 3.89. The van der Waals surface area contributed by atoms with Crippen LogP contribution in [0.15, 0.2) is 58.2 Å². The SMILES string of the molecule is C=N/C(=N\C=C(C)C)[C@@H](OC(C)C)[C@@H](C)S(=O)(=O)Nc1nnc(-c2cccc(OC)n2)n1-c1c(OC)cccc1OC. The molecule has 14 heteroatoms. The van der Waals surface area contributed by atoms with Gasteiger partial charge in [-0.15, -0.1) is 10.2 Å². The number of pyridine rings is 1. The number of nitrogens with one attached hydrogen (secondary N) is 1. The van der Waals surface area contributed by atoms with Gasteiger partial charge < -0.3 is 18.9 Å². The van der Waals surface area contributed by atoms with Crippen LogP contribution in [0.25, 0.3) is 17.2 Å². The predicted molar refractivity (Wildman–Crippen MR) is 163 cm³/mol. The maximum Gasteiger partial charge on any atom is 0.243 e. The molecule has 13 nitrogen and oxygen atoms in total. The zero-order valence-electron chi connectivity index (χ0n) is 25.0. The molecule has 42 heavy (non-hydrogen) atoms. The molecule has 0 unspecified atom stereocenters. The molecular weight excluding hydrogens is 562 g/mol. The molecule has 0 saturated heterocycles. The Labute approximate surface area is 246 Å². The lowest BCUT2D eigenvalue weighted by molar-refractivity contribution is 0.0459. The first-order valence-corrected chi connectivity index (χ1v) is 14.5. The summed E-state index contributed by atoms with van der Waals surface area (Å²) in [6, 6.07) is 10.3. The third-order valence-electron chi connectivity index (χ3n) is 5.89. The molecule has 3 aromatic rings. The highest BCUT2D eigenvalue weighted by Gasteiger charge is 2.36. The number of aliphatic imine (C=N–C) groups is 2. The summed E-state index contributed by atoms with van der Waals surface area (Å²) in [5.41, 5.74) is 1.61. The Morgan fingerprint density at radius 1 is 1.00 bits per heavy atom. The van der Waals surface area contributed by atoms with Gasteiger partial charge >= 0.3 is 0 Å². The summed E-state index contributed by atoms with van der Waals surface area (Å²) in [5, 5.41) is 7.31. The van der Waals surface area contributed by atoms with Crippen LogP contribution in [-0.2, 0) is 14.8 Å². The van der Waals surface area contributed by atoms with E-state index in [4.69, 9.17) is 18.9 Å². The van der Waals surface area contributed by atoms with E-state index in [1.165, 1.54) is 32.8 Å². The van der Waals surface area contributed by atoms with Crippen molar-refractivity contribution in [2.75, 3.05) is 26.1 Å². The van der Waals surface area contributed by atoms with Gasteiger partial charge in [-0.3, -0.25) is 9.29 Å². The van der Waals surface area contributed by atoms with Gasteiger partial charge in [-0.25, -0.2) is 23.4 Å². The minimum atomic E-state index is -4.22. The van der Waals surface area contributed by atoms with E-state index < -0.39 is 21.4 Å². The van der Waals surface area contributed by atoms with Crippen LogP contribution in [-0.4, -0.2) is 79.5 Å². The lowest BCUT2D eigenvalue weighted by Gasteiger charge is -2.26. The van der Waals surface area contributed by atoms with E-state index in [1.807, 2.05) is 13.8 Å². The molecule has 2 aromatic heterocycles. The van der Waals surface area contributed by atoms with Gasteiger partial charge in [0.2, 0.25) is 21.9 Å². The largest absolute Gasteiger partial charge is 0.494 e. The molecule has 0 spiro atoms. The first kappa shape index (κ1) is 32.2. The van der Waals surface area contributed by atoms with E-state index in [1.54, 1.807) is 56.4 Å². The molecule has 2 atom stereocenters. The molecule has 0 saturated carbocycles. The summed E-state index contributed by atoms with van der Waals surface area (Å²) in [6.45, 7) is 12.4. The van der Waals surface area contributed by atoms with Gasteiger partial charge in [0.1, 0.15) is 34.2 Å².